The third-order valence-corrected chi connectivity index (χ3v) is 3.55. The molecular weight excluding hydrogens is 204 g/mol. The van der Waals surface area contributed by atoms with E-state index in [0.717, 1.165) is 11.8 Å². The Hall–Kier alpha value is -0.710. The summed E-state index contributed by atoms with van der Waals surface area (Å²) in [4.78, 5) is 21.6. The lowest BCUT2D eigenvalue weighted by atomic mass is 10.1. The minimum absolute atomic E-state index is 0.0869. The van der Waals surface area contributed by atoms with Gasteiger partial charge in [0.1, 0.15) is 10.00 Å². The van der Waals surface area contributed by atoms with Gasteiger partial charge in [0.15, 0.2) is 0 Å². The van der Waals surface area contributed by atoms with E-state index in [0.29, 0.717) is 0 Å². The zero-order chi connectivity index (χ0) is 11.5. The van der Waals surface area contributed by atoms with Crippen LogP contribution in [-0.2, 0) is 9.59 Å². The number of carboxylic acids is 2. The quantitative estimate of drug-likeness (QED) is 0.737. The summed E-state index contributed by atoms with van der Waals surface area (Å²) >= 11 is 0.972. The monoisotopic (exact) mass is 220 g/mol. The molecule has 1 atom stereocenters. The Balaban J connectivity index is 4.61. The molecule has 14 heavy (non-hydrogen) atoms. The van der Waals surface area contributed by atoms with Crippen LogP contribution in [0.5, 0.6) is 0 Å². The number of carboxylic acid groups (broad SMARTS) is 2. The van der Waals surface area contributed by atoms with Crippen LogP contribution in [0.2, 0.25) is 0 Å². The van der Waals surface area contributed by atoms with Gasteiger partial charge in [0, 0.05) is 0 Å². The predicted octanol–water partition coefficient (Wildman–Crippen LogP) is 1.69. The molecule has 0 aliphatic heterocycles. The van der Waals surface area contributed by atoms with Crippen molar-refractivity contribution in [2.24, 2.45) is 5.92 Å². The fourth-order valence-electron chi connectivity index (χ4n) is 0.839. The fraction of sp³-hybridized carbons (Fsp3) is 0.778. The summed E-state index contributed by atoms with van der Waals surface area (Å²) in [5.74, 6) is -2.04. The molecule has 2 N–H and O–H groups in total. The van der Waals surface area contributed by atoms with Crippen LogP contribution >= 0.6 is 11.8 Å². The van der Waals surface area contributed by atoms with Gasteiger partial charge < -0.3 is 10.2 Å². The van der Waals surface area contributed by atoms with Crippen molar-refractivity contribution in [1.29, 1.82) is 0 Å². The predicted molar refractivity (Wildman–Crippen MR) is 55.6 cm³/mol. The molecular formula is C9H16O4S. The second kappa shape index (κ2) is 4.68. The van der Waals surface area contributed by atoms with Gasteiger partial charge in [0.05, 0.1) is 0 Å². The lowest BCUT2D eigenvalue weighted by Gasteiger charge is -2.25. The Morgan fingerprint density at radius 3 is 1.86 bits per heavy atom. The Morgan fingerprint density at radius 1 is 1.21 bits per heavy atom. The molecule has 0 aromatic rings. The molecule has 0 aliphatic carbocycles. The molecule has 0 aliphatic rings. The minimum atomic E-state index is -1.06. The highest BCUT2D eigenvalue weighted by atomic mass is 32.2. The molecule has 0 amide bonds. The van der Waals surface area contributed by atoms with Crippen LogP contribution in [-0.4, -0.2) is 32.1 Å². The number of hydrogen-bond acceptors (Lipinski definition) is 3. The molecule has 0 aromatic carbocycles. The highest BCUT2D eigenvalue weighted by Gasteiger charge is 2.35. The fourth-order valence-corrected chi connectivity index (χ4v) is 1.95. The highest BCUT2D eigenvalue weighted by Crippen LogP contribution is 2.32. The molecule has 4 nitrogen and oxygen atoms in total. The first-order valence-electron chi connectivity index (χ1n) is 4.32. The van der Waals surface area contributed by atoms with Crippen molar-refractivity contribution < 1.29 is 19.8 Å². The maximum absolute atomic E-state index is 10.8. The van der Waals surface area contributed by atoms with Gasteiger partial charge in [-0.25, -0.2) is 0 Å². The highest BCUT2D eigenvalue weighted by molar-refractivity contribution is 8.02. The van der Waals surface area contributed by atoms with Crippen molar-refractivity contribution in [3.05, 3.63) is 0 Å². The van der Waals surface area contributed by atoms with E-state index in [1.165, 1.54) is 13.8 Å². The summed E-state index contributed by atoms with van der Waals surface area (Å²) in [6.07, 6.45) is 0. The summed E-state index contributed by atoms with van der Waals surface area (Å²) in [5, 5.41) is 17.0. The van der Waals surface area contributed by atoms with E-state index in [9.17, 15) is 9.59 Å². The molecule has 0 spiro atoms. The van der Waals surface area contributed by atoms with E-state index >= 15 is 0 Å². The Bertz CT molecular complexity index is 235. The van der Waals surface area contributed by atoms with Crippen molar-refractivity contribution in [3.63, 3.8) is 0 Å². The van der Waals surface area contributed by atoms with E-state index in [1.54, 1.807) is 13.8 Å². The molecule has 0 fully saturated rings. The second-order valence-electron chi connectivity index (χ2n) is 3.94. The maximum atomic E-state index is 10.8. The van der Waals surface area contributed by atoms with Crippen molar-refractivity contribution in [2.75, 3.05) is 0 Å². The number of aliphatic carboxylic acids is 2. The van der Waals surface area contributed by atoms with Crippen LogP contribution in [0.3, 0.4) is 0 Å². The third-order valence-electron chi connectivity index (χ3n) is 1.79. The van der Waals surface area contributed by atoms with Gasteiger partial charge in [0.25, 0.3) is 0 Å². The van der Waals surface area contributed by atoms with Gasteiger partial charge in [0.2, 0.25) is 0 Å². The maximum Gasteiger partial charge on any atom is 0.319 e. The first-order valence-corrected chi connectivity index (χ1v) is 5.20. The van der Waals surface area contributed by atoms with Gasteiger partial charge in [-0.3, -0.25) is 9.59 Å². The molecule has 1 unspecified atom stereocenters. The van der Waals surface area contributed by atoms with Gasteiger partial charge in [-0.15, -0.1) is 11.8 Å². The minimum Gasteiger partial charge on any atom is -0.480 e. The molecule has 0 radical (unpaired) electrons. The molecule has 0 bridgehead atoms. The standard InChI is InChI=1S/C9H16O4S/c1-5(2)6(7(10)11)14-9(3,4)8(12)13/h5-6H,1-4H3,(H,10,11)(H,12,13). The molecule has 0 heterocycles. The average molecular weight is 220 g/mol. The topological polar surface area (TPSA) is 74.6 Å². The summed E-state index contributed by atoms with van der Waals surface area (Å²) in [6.45, 7) is 6.56. The smallest absolute Gasteiger partial charge is 0.319 e. The lowest BCUT2D eigenvalue weighted by Crippen LogP contribution is -2.34. The summed E-state index contributed by atoms with van der Waals surface area (Å²) in [5.41, 5.74) is 0. The largest absolute Gasteiger partial charge is 0.480 e. The first-order chi connectivity index (χ1) is 6.18. The van der Waals surface area contributed by atoms with Gasteiger partial charge in [-0.1, -0.05) is 13.8 Å². The van der Waals surface area contributed by atoms with E-state index in [1.807, 2.05) is 0 Å². The van der Waals surface area contributed by atoms with E-state index in [4.69, 9.17) is 10.2 Å². The number of carbonyl (C=O) groups is 2. The lowest BCUT2D eigenvalue weighted by molar-refractivity contribution is -0.138. The van der Waals surface area contributed by atoms with Crippen molar-refractivity contribution in [3.8, 4) is 0 Å². The molecule has 0 saturated carbocycles. The summed E-state index contributed by atoms with van der Waals surface area (Å²) in [6, 6.07) is 0. The molecule has 0 rings (SSSR count). The molecule has 0 aromatic heterocycles. The van der Waals surface area contributed by atoms with Crippen molar-refractivity contribution in [2.45, 2.75) is 37.7 Å². The van der Waals surface area contributed by atoms with Crippen LogP contribution < -0.4 is 0 Å². The van der Waals surface area contributed by atoms with Crippen molar-refractivity contribution in [1.82, 2.24) is 0 Å². The van der Waals surface area contributed by atoms with Crippen LogP contribution in [0.15, 0.2) is 0 Å². The summed E-state index contributed by atoms with van der Waals surface area (Å²) in [7, 11) is 0. The zero-order valence-corrected chi connectivity index (χ0v) is 9.59. The number of thioether (sulfide) groups is 1. The average Bonchev–Trinajstić information content (AvgIpc) is 1.98. The zero-order valence-electron chi connectivity index (χ0n) is 8.77. The van der Waals surface area contributed by atoms with E-state index < -0.39 is 21.9 Å². The molecule has 0 saturated heterocycles. The Labute approximate surface area is 87.7 Å². The number of hydrogen-bond donors (Lipinski definition) is 2. The third kappa shape index (κ3) is 3.57. The Kier molecular flexibility index (Phi) is 4.45. The van der Waals surface area contributed by atoms with E-state index in [2.05, 4.69) is 0 Å². The van der Waals surface area contributed by atoms with Crippen LogP contribution in [0.1, 0.15) is 27.7 Å². The first kappa shape index (κ1) is 13.3. The normalized spacial score (nSPS) is 14.1. The van der Waals surface area contributed by atoms with Gasteiger partial charge in [-0.2, -0.15) is 0 Å². The van der Waals surface area contributed by atoms with Crippen molar-refractivity contribution >= 4 is 23.7 Å². The van der Waals surface area contributed by atoms with Crippen LogP contribution in [0.25, 0.3) is 0 Å². The van der Waals surface area contributed by atoms with Gasteiger partial charge >= 0.3 is 11.9 Å². The SMILES string of the molecule is CC(C)C(SC(C)(C)C(=O)O)C(=O)O. The van der Waals surface area contributed by atoms with Crippen LogP contribution in [0, 0.1) is 5.92 Å². The summed E-state index contributed by atoms with van der Waals surface area (Å²) < 4.78 is -1.06. The second-order valence-corrected chi connectivity index (χ2v) is 5.70. The van der Waals surface area contributed by atoms with Gasteiger partial charge in [-0.05, 0) is 19.8 Å². The Morgan fingerprint density at radius 2 is 1.64 bits per heavy atom. The van der Waals surface area contributed by atoms with Crippen LogP contribution in [0.4, 0.5) is 0 Å². The molecule has 5 heteroatoms. The molecule has 82 valence electrons. The number of rotatable bonds is 5. The van der Waals surface area contributed by atoms with E-state index in [-0.39, 0.29) is 5.92 Å².